The van der Waals surface area contributed by atoms with Crippen LogP contribution in [0.2, 0.25) is 0 Å². The Labute approximate surface area is 80.2 Å². The summed E-state index contributed by atoms with van der Waals surface area (Å²) in [6.07, 6.45) is 6.81. The molecule has 74 valence electrons. The second kappa shape index (κ2) is 4.56. The smallest absolute Gasteiger partial charge is 0.142 e. The fourth-order valence-electron chi connectivity index (χ4n) is 1.88. The fraction of sp³-hybridized carbons (Fsp3) is 0.727. The molecule has 0 aromatic heterocycles. The van der Waals surface area contributed by atoms with Crippen molar-refractivity contribution in [3.05, 3.63) is 12.2 Å². The van der Waals surface area contributed by atoms with E-state index < -0.39 is 0 Å². The molecular formula is C11H19NO. The highest BCUT2D eigenvalue weighted by molar-refractivity contribution is 5.85. The van der Waals surface area contributed by atoms with E-state index in [1.807, 2.05) is 19.1 Å². The highest BCUT2D eigenvalue weighted by Crippen LogP contribution is 2.22. The van der Waals surface area contributed by atoms with Gasteiger partial charge in [0.15, 0.2) is 0 Å². The van der Waals surface area contributed by atoms with Crippen LogP contribution in [0.15, 0.2) is 12.2 Å². The third kappa shape index (κ3) is 2.66. The SMILES string of the molecule is CCCC(C)C(=O)C1C=CC(N)C1. The molecule has 0 aromatic carbocycles. The molecule has 3 atom stereocenters. The van der Waals surface area contributed by atoms with Gasteiger partial charge in [0.25, 0.3) is 0 Å². The Morgan fingerprint density at radius 1 is 1.62 bits per heavy atom. The first-order valence-corrected chi connectivity index (χ1v) is 5.12. The molecule has 1 aliphatic carbocycles. The third-order valence-corrected chi connectivity index (χ3v) is 2.69. The van der Waals surface area contributed by atoms with E-state index in [-0.39, 0.29) is 17.9 Å². The standard InChI is InChI=1S/C11H19NO/c1-3-4-8(2)11(13)9-5-6-10(12)7-9/h5-6,8-10H,3-4,7,12H2,1-2H3. The van der Waals surface area contributed by atoms with Crippen LogP contribution in [0.4, 0.5) is 0 Å². The van der Waals surface area contributed by atoms with Crippen LogP contribution in [-0.2, 0) is 4.79 Å². The number of carbonyl (C=O) groups is 1. The maximum Gasteiger partial charge on any atom is 0.142 e. The summed E-state index contributed by atoms with van der Waals surface area (Å²) in [5.41, 5.74) is 5.70. The monoisotopic (exact) mass is 181 g/mol. The summed E-state index contributed by atoms with van der Waals surface area (Å²) in [4.78, 5) is 11.8. The largest absolute Gasteiger partial charge is 0.324 e. The molecule has 0 aliphatic heterocycles. The molecule has 1 aliphatic rings. The highest BCUT2D eigenvalue weighted by Gasteiger charge is 2.25. The number of Topliss-reactive ketones (excluding diaryl/α,β-unsaturated/α-hetero) is 1. The first kappa shape index (κ1) is 10.5. The van der Waals surface area contributed by atoms with Gasteiger partial charge in [0, 0.05) is 17.9 Å². The molecule has 1 rings (SSSR count). The van der Waals surface area contributed by atoms with Gasteiger partial charge in [0.1, 0.15) is 5.78 Å². The van der Waals surface area contributed by atoms with Gasteiger partial charge >= 0.3 is 0 Å². The van der Waals surface area contributed by atoms with Gasteiger partial charge in [-0.2, -0.15) is 0 Å². The zero-order valence-corrected chi connectivity index (χ0v) is 8.49. The first-order chi connectivity index (χ1) is 6.15. The average Bonchev–Trinajstić information content (AvgIpc) is 2.51. The second-order valence-electron chi connectivity index (χ2n) is 3.98. The van der Waals surface area contributed by atoms with Crippen LogP contribution < -0.4 is 5.73 Å². The van der Waals surface area contributed by atoms with E-state index in [4.69, 9.17) is 5.73 Å². The van der Waals surface area contributed by atoms with Crippen molar-refractivity contribution in [1.82, 2.24) is 0 Å². The maximum atomic E-state index is 11.8. The topological polar surface area (TPSA) is 43.1 Å². The van der Waals surface area contributed by atoms with Crippen LogP contribution in [0.1, 0.15) is 33.1 Å². The Kier molecular flexibility index (Phi) is 3.67. The highest BCUT2D eigenvalue weighted by atomic mass is 16.1. The molecule has 0 bridgehead atoms. The lowest BCUT2D eigenvalue weighted by molar-refractivity contribution is -0.125. The van der Waals surface area contributed by atoms with E-state index in [1.165, 1.54) is 0 Å². The molecule has 0 saturated carbocycles. The van der Waals surface area contributed by atoms with Gasteiger partial charge in [0.05, 0.1) is 0 Å². The van der Waals surface area contributed by atoms with Crippen LogP contribution in [0, 0.1) is 11.8 Å². The summed E-state index contributed by atoms with van der Waals surface area (Å²) in [5, 5.41) is 0. The lowest BCUT2D eigenvalue weighted by Gasteiger charge is -2.13. The van der Waals surface area contributed by atoms with Crippen molar-refractivity contribution in [2.75, 3.05) is 0 Å². The number of nitrogens with two attached hydrogens (primary N) is 1. The predicted octanol–water partition coefficient (Wildman–Crippen LogP) is 1.90. The molecule has 0 heterocycles. The van der Waals surface area contributed by atoms with E-state index in [2.05, 4.69) is 6.92 Å². The molecule has 0 amide bonds. The minimum Gasteiger partial charge on any atom is -0.324 e. The summed E-state index contributed by atoms with van der Waals surface area (Å²) < 4.78 is 0. The molecule has 0 saturated heterocycles. The van der Waals surface area contributed by atoms with Crippen molar-refractivity contribution in [2.24, 2.45) is 17.6 Å². The average molecular weight is 181 g/mol. The summed E-state index contributed by atoms with van der Waals surface area (Å²) in [6.45, 7) is 4.13. The molecule has 0 spiro atoms. The lowest BCUT2D eigenvalue weighted by atomic mass is 9.90. The van der Waals surface area contributed by atoms with Crippen LogP contribution in [0.3, 0.4) is 0 Å². The third-order valence-electron chi connectivity index (χ3n) is 2.69. The molecular weight excluding hydrogens is 162 g/mol. The number of hydrogen-bond donors (Lipinski definition) is 1. The van der Waals surface area contributed by atoms with Gasteiger partial charge in [-0.15, -0.1) is 0 Å². The van der Waals surface area contributed by atoms with Crippen molar-refractivity contribution in [3.63, 3.8) is 0 Å². The number of rotatable bonds is 4. The van der Waals surface area contributed by atoms with Gasteiger partial charge in [0.2, 0.25) is 0 Å². The molecule has 0 aromatic rings. The van der Waals surface area contributed by atoms with Crippen molar-refractivity contribution >= 4 is 5.78 Å². The molecule has 0 radical (unpaired) electrons. The van der Waals surface area contributed by atoms with E-state index in [1.54, 1.807) is 0 Å². The summed E-state index contributed by atoms with van der Waals surface area (Å²) in [5.74, 6) is 0.660. The van der Waals surface area contributed by atoms with Crippen LogP contribution >= 0.6 is 0 Å². The lowest BCUT2D eigenvalue weighted by Crippen LogP contribution is -2.23. The molecule has 0 fully saturated rings. The zero-order chi connectivity index (χ0) is 9.84. The number of carbonyl (C=O) groups excluding carboxylic acids is 1. The fourth-order valence-corrected chi connectivity index (χ4v) is 1.88. The van der Waals surface area contributed by atoms with Crippen molar-refractivity contribution in [1.29, 1.82) is 0 Å². The Hall–Kier alpha value is -0.630. The van der Waals surface area contributed by atoms with Gasteiger partial charge in [-0.25, -0.2) is 0 Å². The van der Waals surface area contributed by atoms with Crippen LogP contribution in [-0.4, -0.2) is 11.8 Å². The van der Waals surface area contributed by atoms with Crippen molar-refractivity contribution in [3.8, 4) is 0 Å². The second-order valence-corrected chi connectivity index (χ2v) is 3.98. The Balaban J connectivity index is 2.44. The van der Waals surface area contributed by atoms with Crippen LogP contribution in [0.25, 0.3) is 0 Å². The van der Waals surface area contributed by atoms with Gasteiger partial charge in [-0.1, -0.05) is 32.4 Å². The Bertz CT molecular complexity index is 210. The summed E-state index contributed by atoms with van der Waals surface area (Å²) in [7, 11) is 0. The van der Waals surface area contributed by atoms with Crippen molar-refractivity contribution in [2.45, 2.75) is 39.2 Å². The minimum atomic E-state index is 0.0940. The van der Waals surface area contributed by atoms with Gasteiger partial charge in [-0.05, 0) is 12.8 Å². The predicted molar refractivity (Wildman–Crippen MR) is 54.3 cm³/mol. The Morgan fingerprint density at radius 3 is 2.77 bits per heavy atom. The molecule has 2 heteroatoms. The van der Waals surface area contributed by atoms with Crippen molar-refractivity contribution < 1.29 is 4.79 Å². The van der Waals surface area contributed by atoms with E-state index in [9.17, 15) is 4.79 Å². The zero-order valence-electron chi connectivity index (χ0n) is 8.49. The molecule has 2 N–H and O–H groups in total. The van der Waals surface area contributed by atoms with Gasteiger partial charge in [-0.3, -0.25) is 4.79 Å². The summed E-state index contributed by atoms with van der Waals surface area (Å²) >= 11 is 0. The number of allylic oxidation sites excluding steroid dienone is 1. The molecule has 2 nitrogen and oxygen atoms in total. The maximum absolute atomic E-state index is 11.8. The van der Waals surface area contributed by atoms with Crippen LogP contribution in [0.5, 0.6) is 0 Å². The normalized spacial score (nSPS) is 29.2. The van der Waals surface area contributed by atoms with E-state index in [0.29, 0.717) is 5.78 Å². The first-order valence-electron chi connectivity index (χ1n) is 5.12. The molecule has 13 heavy (non-hydrogen) atoms. The van der Waals surface area contributed by atoms with E-state index in [0.717, 1.165) is 19.3 Å². The quantitative estimate of drug-likeness (QED) is 0.673. The van der Waals surface area contributed by atoms with E-state index >= 15 is 0 Å². The Morgan fingerprint density at radius 2 is 2.31 bits per heavy atom. The summed E-state index contributed by atoms with van der Waals surface area (Å²) in [6, 6.07) is 0.0998. The number of hydrogen-bond acceptors (Lipinski definition) is 2. The minimum absolute atomic E-state index is 0.0940. The molecule has 3 unspecified atom stereocenters. The number of ketones is 1. The van der Waals surface area contributed by atoms with Gasteiger partial charge < -0.3 is 5.73 Å².